The number of carbonyl (C=O) groups is 2. The van der Waals surface area contributed by atoms with Crippen molar-refractivity contribution in [3.63, 3.8) is 0 Å². The Labute approximate surface area is 209 Å². The van der Waals surface area contributed by atoms with Gasteiger partial charge in [-0.3, -0.25) is 9.59 Å². The number of aryl methyl sites for hydroxylation is 1. The zero-order valence-corrected chi connectivity index (χ0v) is 20.7. The molecule has 1 aromatic heterocycles. The number of nitrogens with one attached hydrogen (secondary N) is 1. The van der Waals surface area contributed by atoms with Gasteiger partial charge in [-0.15, -0.1) is 11.3 Å². The summed E-state index contributed by atoms with van der Waals surface area (Å²) < 4.78 is 11.0. The molecule has 2 aromatic carbocycles. The van der Waals surface area contributed by atoms with Gasteiger partial charge < -0.3 is 19.7 Å². The molecule has 0 spiro atoms. The molecular weight excluding hydrogens is 460 g/mol. The second-order valence-corrected chi connectivity index (χ2v) is 10.1. The molecule has 0 bridgehead atoms. The summed E-state index contributed by atoms with van der Waals surface area (Å²) in [6, 6.07) is 16.6. The zero-order chi connectivity index (χ0) is 24.2. The summed E-state index contributed by atoms with van der Waals surface area (Å²) in [6.07, 6.45) is 5.41. The first-order valence-corrected chi connectivity index (χ1v) is 13.1. The van der Waals surface area contributed by atoms with E-state index >= 15 is 0 Å². The maximum atomic E-state index is 13.9. The lowest BCUT2D eigenvalue weighted by molar-refractivity contribution is -0.127. The average molecular weight is 491 g/mol. The van der Waals surface area contributed by atoms with Gasteiger partial charge in [-0.1, -0.05) is 55.7 Å². The van der Waals surface area contributed by atoms with Crippen LogP contribution in [-0.4, -0.2) is 29.5 Å². The Morgan fingerprint density at radius 1 is 1.03 bits per heavy atom. The highest BCUT2D eigenvalue weighted by Gasteiger charge is 2.35. The van der Waals surface area contributed by atoms with E-state index in [0.717, 1.165) is 42.4 Å². The fourth-order valence-corrected chi connectivity index (χ4v) is 5.61. The molecule has 1 fully saturated rings. The number of ether oxygens (including phenoxy) is 2. The molecule has 1 N–H and O–H groups in total. The van der Waals surface area contributed by atoms with E-state index in [4.69, 9.17) is 9.47 Å². The van der Waals surface area contributed by atoms with Gasteiger partial charge >= 0.3 is 0 Å². The molecule has 0 unspecified atom stereocenters. The van der Waals surface area contributed by atoms with Gasteiger partial charge in [-0.25, -0.2) is 0 Å². The number of thiophene rings is 1. The molecule has 5 rings (SSSR count). The van der Waals surface area contributed by atoms with Crippen LogP contribution in [0.25, 0.3) is 0 Å². The molecule has 0 saturated heterocycles. The number of fused-ring (bicyclic) bond motifs is 1. The van der Waals surface area contributed by atoms with Gasteiger partial charge in [-0.2, -0.15) is 0 Å². The lowest BCUT2D eigenvalue weighted by Gasteiger charge is -2.34. The number of nitrogens with zero attached hydrogens (tertiary/aromatic N) is 1. The van der Waals surface area contributed by atoms with Crippen LogP contribution in [0.2, 0.25) is 0 Å². The molecule has 1 aliphatic heterocycles. The van der Waals surface area contributed by atoms with Crippen molar-refractivity contribution in [3.8, 4) is 11.5 Å². The van der Waals surface area contributed by atoms with Crippen molar-refractivity contribution in [1.29, 1.82) is 0 Å². The third kappa shape index (κ3) is 5.20. The van der Waals surface area contributed by atoms with E-state index in [9.17, 15) is 9.59 Å². The first-order chi connectivity index (χ1) is 17.1. The Morgan fingerprint density at radius 3 is 2.60 bits per heavy atom. The van der Waals surface area contributed by atoms with Crippen LogP contribution >= 0.6 is 11.3 Å². The van der Waals surface area contributed by atoms with Crippen molar-refractivity contribution in [2.75, 3.05) is 6.79 Å². The minimum Gasteiger partial charge on any atom is -0.454 e. The van der Waals surface area contributed by atoms with Crippen LogP contribution in [0, 0.1) is 6.92 Å². The molecule has 2 heterocycles. The topological polar surface area (TPSA) is 67.9 Å². The third-order valence-corrected chi connectivity index (χ3v) is 7.64. The Hall–Kier alpha value is -3.32. The van der Waals surface area contributed by atoms with Crippen LogP contribution in [0.5, 0.6) is 11.5 Å². The maximum absolute atomic E-state index is 13.9. The Morgan fingerprint density at radius 2 is 1.83 bits per heavy atom. The summed E-state index contributed by atoms with van der Waals surface area (Å²) in [5, 5.41) is 5.16. The summed E-state index contributed by atoms with van der Waals surface area (Å²) >= 11 is 1.39. The molecule has 3 aromatic rings. The van der Waals surface area contributed by atoms with E-state index in [2.05, 4.69) is 5.32 Å². The standard InChI is InChI=1S/C28H30N2O4S/c1-19-8-5-6-11-22(19)26(27(31)29-21-9-3-2-4-10-21)30(28(32)25-12-7-15-35-25)17-20-13-14-23-24(16-20)34-18-33-23/h5-8,11-16,21,26H,2-4,9-10,17-18H2,1H3,(H,29,31)/t26-/m0/s1. The molecule has 7 heteroatoms. The van der Waals surface area contributed by atoms with Crippen LogP contribution in [0.4, 0.5) is 0 Å². The Kier molecular flexibility index (Phi) is 7.04. The van der Waals surface area contributed by atoms with Crippen LogP contribution in [0.3, 0.4) is 0 Å². The number of hydrogen-bond acceptors (Lipinski definition) is 5. The summed E-state index contributed by atoms with van der Waals surface area (Å²) in [5.41, 5.74) is 2.70. The monoisotopic (exact) mass is 490 g/mol. The lowest BCUT2D eigenvalue weighted by Crippen LogP contribution is -2.47. The van der Waals surface area contributed by atoms with Gasteiger partial charge in [0.25, 0.3) is 5.91 Å². The first-order valence-electron chi connectivity index (χ1n) is 12.2. The molecule has 182 valence electrons. The second-order valence-electron chi connectivity index (χ2n) is 9.20. The first kappa shape index (κ1) is 23.4. The molecule has 2 amide bonds. The van der Waals surface area contributed by atoms with Gasteiger partial charge in [-0.05, 0) is 60.0 Å². The van der Waals surface area contributed by atoms with Gasteiger partial charge in [0.2, 0.25) is 12.7 Å². The number of amides is 2. The normalized spacial score (nSPS) is 16.0. The molecule has 1 aliphatic carbocycles. The van der Waals surface area contributed by atoms with E-state index in [1.54, 1.807) is 4.90 Å². The largest absolute Gasteiger partial charge is 0.454 e. The van der Waals surface area contributed by atoms with Crippen molar-refractivity contribution >= 4 is 23.2 Å². The second kappa shape index (κ2) is 10.5. The van der Waals surface area contributed by atoms with Crippen LogP contribution in [0.1, 0.15) is 64.5 Å². The SMILES string of the molecule is Cc1ccccc1[C@@H](C(=O)NC1CCCCC1)N(Cc1ccc2c(c1)OCO2)C(=O)c1cccs1. The van der Waals surface area contributed by atoms with Crippen molar-refractivity contribution in [2.45, 2.75) is 57.7 Å². The van der Waals surface area contributed by atoms with Gasteiger partial charge in [0.15, 0.2) is 11.5 Å². The number of rotatable bonds is 7. The van der Waals surface area contributed by atoms with Crippen LogP contribution < -0.4 is 14.8 Å². The fourth-order valence-electron chi connectivity index (χ4n) is 4.93. The summed E-state index contributed by atoms with van der Waals surface area (Å²) in [4.78, 5) is 30.1. The van der Waals surface area contributed by atoms with Crippen LogP contribution in [-0.2, 0) is 11.3 Å². The molecule has 1 atom stereocenters. The molecule has 35 heavy (non-hydrogen) atoms. The highest BCUT2D eigenvalue weighted by molar-refractivity contribution is 7.12. The zero-order valence-electron chi connectivity index (χ0n) is 19.9. The molecule has 6 nitrogen and oxygen atoms in total. The van der Waals surface area contributed by atoms with Crippen LogP contribution in [0.15, 0.2) is 60.0 Å². The summed E-state index contributed by atoms with van der Waals surface area (Å²) in [6.45, 7) is 2.45. The van der Waals surface area contributed by atoms with Gasteiger partial charge in [0.05, 0.1) is 4.88 Å². The number of hydrogen-bond donors (Lipinski definition) is 1. The lowest BCUT2D eigenvalue weighted by atomic mass is 9.93. The predicted molar refractivity (Wildman–Crippen MR) is 136 cm³/mol. The van der Waals surface area contributed by atoms with Gasteiger partial charge in [0, 0.05) is 12.6 Å². The van der Waals surface area contributed by atoms with E-state index in [0.29, 0.717) is 16.4 Å². The third-order valence-electron chi connectivity index (χ3n) is 6.78. The van der Waals surface area contributed by atoms with Crippen molar-refractivity contribution in [3.05, 3.63) is 81.5 Å². The highest BCUT2D eigenvalue weighted by Crippen LogP contribution is 2.35. The molecule has 1 saturated carbocycles. The van der Waals surface area contributed by atoms with Crippen molar-refractivity contribution < 1.29 is 19.1 Å². The molecule has 2 aliphatic rings. The van der Waals surface area contributed by atoms with E-state index in [-0.39, 0.29) is 31.2 Å². The average Bonchev–Trinajstić information content (AvgIpc) is 3.57. The molecular formula is C28H30N2O4S. The molecule has 0 radical (unpaired) electrons. The smallest absolute Gasteiger partial charge is 0.265 e. The van der Waals surface area contributed by atoms with Gasteiger partial charge in [0.1, 0.15) is 6.04 Å². The maximum Gasteiger partial charge on any atom is 0.265 e. The summed E-state index contributed by atoms with van der Waals surface area (Å²) in [5.74, 6) is 1.06. The summed E-state index contributed by atoms with van der Waals surface area (Å²) in [7, 11) is 0. The van der Waals surface area contributed by atoms with Crippen molar-refractivity contribution in [2.24, 2.45) is 0 Å². The Bertz CT molecular complexity index is 1190. The minimum absolute atomic E-state index is 0.128. The fraction of sp³-hybridized carbons (Fsp3) is 0.357. The van der Waals surface area contributed by atoms with E-state index in [1.807, 2.05) is 66.9 Å². The number of benzene rings is 2. The predicted octanol–water partition coefficient (Wildman–Crippen LogP) is 5.62. The van der Waals surface area contributed by atoms with E-state index < -0.39 is 6.04 Å². The number of carbonyl (C=O) groups excluding carboxylic acids is 2. The van der Waals surface area contributed by atoms with Crippen molar-refractivity contribution in [1.82, 2.24) is 10.2 Å². The quantitative estimate of drug-likeness (QED) is 0.467. The minimum atomic E-state index is -0.752. The Balaban J connectivity index is 1.53. The highest BCUT2D eigenvalue weighted by atomic mass is 32.1. The van der Waals surface area contributed by atoms with E-state index in [1.165, 1.54) is 17.8 Å².